The third-order valence-corrected chi connectivity index (χ3v) is 12.3. The number of aromatic nitrogens is 4. The van der Waals surface area contributed by atoms with Crippen LogP contribution in [0.2, 0.25) is 0 Å². The number of hydrogen-bond donors (Lipinski definition) is 0. The maximum absolute atomic E-state index is 5.52. The summed E-state index contributed by atoms with van der Waals surface area (Å²) < 4.78 is 0. The molecule has 11 aromatic carbocycles. The minimum Gasteiger partial charge on any atom is -0.228 e. The van der Waals surface area contributed by atoms with Gasteiger partial charge in [0, 0.05) is 33.2 Å². The first kappa shape index (κ1) is 32.9. The molecule has 0 aliphatic carbocycles. The first-order valence-electron chi connectivity index (χ1n) is 20.4. The van der Waals surface area contributed by atoms with Gasteiger partial charge in [-0.3, -0.25) is 0 Å². The van der Waals surface area contributed by atoms with E-state index in [1.165, 1.54) is 59.2 Å². The van der Waals surface area contributed by atoms with E-state index in [2.05, 4.69) is 176 Å². The van der Waals surface area contributed by atoms with Crippen molar-refractivity contribution in [3.8, 4) is 56.5 Å². The zero-order chi connectivity index (χ0) is 39.3. The highest BCUT2D eigenvalue weighted by Crippen LogP contribution is 2.43. The van der Waals surface area contributed by atoms with Crippen molar-refractivity contribution in [2.24, 2.45) is 0 Å². The van der Waals surface area contributed by atoms with Crippen LogP contribution in [0.3, 0.4) is 0 Å². The van der Waals surface area contributed by atoms with Crippen molar-refractivity contribution in [3.63, 3.8) is 0 Å². The standard InChI is InChI=1S/C56H32N4/c1-2-10-38(11-3-1)54-44-18-4-5-21-47(44)57-55(60-54)39-28-22-33(23-29-39)48-32-49(45-30-40-16-6-12-34-24-26-36-14-8-19-42(45)52(36)50(34)40)59-56(58-48)46-31-41-17-7-13-35-25-27-37-15-9-20-43(46)53(37)51(35)41/h1-32H. The van der Waals surface area contributed by atoms with Crippen LogP contribution in [0.4, 0.5) is 0 Å². The molecule has 13 rings (SSSR count). The molecule has 0 fully saturated rings. The minimum atomic E-state index is 0.685. The summed E-state index contributed by atoms with van der Waals surface area (Å²) in [5.41, 5.74) is 8.66. The Morgan fingerprint density at radius 1 is 0.267 bits per heavy atom. The Kier molecular flexibility index (Phi) is 6.98. The van der Waals surface area contributed by atoms with Crippen molar-refractivity contribution in [2.75, 3.05) is 0 Å². The third kappa shape index (κ3) is 4.98. The first-order valence-corrected chi connectivity index (χ1v) is 20.4. The average Bonchev–Trinajstić information content (AvgIpc) is 3.32. The van der Waals surface area contributed by atoms with Crippen LogP contribution >= 0.6 is 0 Å². The van der Waals surface area contributed by atoms with E-state index in [1.54, 1.807) is 0 Å². The number of nitrogens with zero attached hydrogens (tertiary/aromatic N) is 4. The van der Waals surface area contributed by atoms with Crippen LogP contribution in [0, 0.1) is 0 Å². The zero-order valence-corrected chi connectivity index (χ0v) is 32.3. The van der Waals surface area contributed by atoms with Crippen molar-refractivity contribution in [1.82, 2.24) is 19.9 Å². The second-order valence-electron chi connectivity index (χ2n) is 15.8. The first-order chi connectivity index (χ1) is 29.7. The molecular weight excluding hydrogens is 729 g/mol. The maximum Gasteiger partial charge on any atom is 0.161 e. The van der Waals surface area contributed by atoms with E-state index in [0.29, 0.717) is 11.6 Å². The van der Waals surface area contributed by atoms with E-state index in [0.717, 1.165) is 61.2 Å². The summed E-state index contributed by atoms with van der Waals surface area (Å²) in [6.07, 6.45) is 0. The van der Waals surface area contributed by atoms with Crippen LogP contribution in [-0.4, -0.2) is 19.9 Å². The van der Waals surface area contributed by atoms with Crippen LogP contribution in [-0.2, 0) is 0 Å². The van der Waals surface area contributed by atoms with Crippen molar-refractivity contribution in [2.45, 2.75) is 0 Å². The highest BCUT2D eigenvalue weighted by molar-refractivity contribution is 6.27. The summed E-state index contributed by atoms with van der Waals surface area (Å²) in [4.78, 5) is 21.1. The van der Waals surface area contributed by atoms with Crippen molar-refractivity contribution in [3.05, 3.63) is 194 Å². The normalized spacial score (nSPS) is 12.0. The molecule has 0 radical (unpaired) electrons. The van der Waals surface area contributed by atoms with Gasteiger partial charge in [-0.15, -0.1) is 0 Å². The van der Waals surface area contributed by atoms with Gasteiger partial charge in [-0.1, -0.05) is 170 Å². The average molecular weight is 761 g/mol. The molecular formula is C56H32N4. The number of para-hydroxylation sites is 1. The lowest BCUT2D eigenvalue weighted by molar-refractivity contribution is 1.19. The second kappa shape index (κ2) is 12.7. The van der Waals surface area contributed by atoms with E-state index < -0.39 is 0 Å². The van der Waals surface area contributed by atoms with Gasteiger partial charge in [0.15, 0.2) is 11.6 Å². The molecule has 0 amide bonds. The monoisotopic (exact) mass is 760 g/mol. The fourth-order valence-electron chi connectivity index (χ4n) is 9.59. The number of benzene rings is 11. The lowest BCUT2D eigenvalue weighted by Crippen LogP contribution is -1.98. The number of hydrogen-bond acceptors (Lipinski definition) is 4. The molecule has 4 nitrogen and oxygen atoms in total. The van der Waals surface area contributed by atoms with E-state index in [4.69, 9.17) is 19.9 Å². The molecule has 276 valence electrons. The molecule has 60 heavy (non-hydrogen) atoms. The molecule has 0 atom stereocenters. The summed E-state index contributed by atoms with van der Waals surface area (Å²) >= 11 is 0. The SMILES string of the molecule is c1ccc(-c2nc(-c3ccc(-c4cc(-c5cc6cccc7ccc8cccc5c8c76)nc(-c5cc6cccc7ccc8cccc5c8c76)n4)cc3)nc3ccccc23)cc1. The van der Waals surface area contributed by atoms with Crippen LogP contribution in [0.5, 0.6) is 0 Å². The van der Waals surface area contributed by atoms with Gasteiger partial charge < -0.3 is 0 Å². The molecule has 13 aromatic rings. The summed E-state index contributed by atoms with van der Waals surface area (Å²) in [6.45, 7) is 0. The van der Waals surface area contributed by atoms with Gasteiger partial charge in [0.05, 0.1) is 22.6 Å². The Morgan fingerprint density at radius 2 is 0.783 bits per heavy atom. The Bertz CT molecular complexity index is 3650. The molecule has 0 bridgehead atoms. The lowest BCUT2D eigenvalue weighted by atomic mass is 9.89. The van der Waals surface area contributed by atoms with Gasteiger partial charge in [0.25, 0.3) is 0 Å². The molecule has 0 saturated carbocycles. The van der Waals surface area contributed by atoms with Crippen LogP contribution < -0.4 is 0 Å². The van der Waals surface area contributed by atoms with E-state index >= 15 is 0 Å². The molecule has 0 spiro atoms. The van der Waals surface area contributed by atoms with Crippen LogP contribution in [0.25, 0.3) is 132 Å². The van der Waals surface area contributed by atoms with E-state index in [-0.39, 0.29) is 0 Å². The Hall–Kier alpha value is -8.08. The largest absolute Gasteiger partial charge is 0.228 e. The van der Waals surface area contributed by atoms with Crippen LogP contribution in [0.1, 0.15) is 0 Å². The highest BCUT2D eigenvalue weighted by Gasteiger charge is 2.20. The topological polar surface area (TPSA) is 51.6 Å². The smallest absolute Gasteiger partial charge is 0.161 e. The van der Waals surface area contributed by atoms with Crippen LogP contribution in [0.15, 0.2) is 194 Å². The maximum atomic E-state index is 5.52. The second-order valence-corrected chi connectivity index (χ2v) is 15.8. The van der Waals surface area contributed by atoms with E-state index in [1.807, 2.05) is 18.2 Å². The Balaban J connectivity index is 1.04. The van der Waals surface area contributed by atoms with Gasteiger partial charge in [0.2, 0.25) is 0 Å². The molecule has 2 heterocycles. The quantitative estimate of drug-likeness (QED) is 0.164. The van der Waals surface area contributed by atoms with Gasteiger partial charge in [-0.2, -0.15) is 0 Å². The molecule has 0 unspecified atom stereocenters. The van der Waals surface area contributed by atoms with Gasteiger partial charge in [0.1, 0.15) is 0 Å². The van der Waals surface area contributed by atoms with Gasteiger partial charge in [-0.25, -0.2) is 19.9 Å². The fourth-order valence-corrected chi connectivity index (χ4v) is 9.59. The van der Waals surface area contributed by atoms with Gasteiger partial charge >= 0.3 is 0 Å². The molecule has 0 aliphatic rings. The number of rotatable bonds is 5. The van der Waals surface area contributed by atoms with Crippen molar-refractivity contribution >= 4 is 75.5 Å². The summed E-state index contributed by atoms with van der Waals surface area (Å²) in [5.74, 6) is 1.38. The van der Waals surface area contributed by atoms with Crippen molar-refractivity contribution in [1.29, 1.82) is 0 Å². The zero-order valence-electron chi connectivity index (χ0n) is 32.3. The molecule has 0 N–H and O–H groups in total. The summed E-state index contributed by atoms with van der Waals surface area (Å²) in [5, 5.41) is 15.7. The third-order valence-electron chi connectivity index (χ3n) is 12.3. The molecule has 2 aromatic heterocycles. The molecule has 0 saturated heterocycles. The highest BCUT2D eigenvalue weighted by atomic mass is 14.9. The summed E-state index contributed by atoms with van der Waals surface area (Å²) in [6, 6.07) is 69.1. The van der Waals surface area contributed by atoms with Crippen molar-refractivity contribution < 1.29 is 0 Å². The lowest BCUT2D eigenvalue weighted by Gasteiger charge is -2.17. The van der Waals surface area contributed by atoms with Gasteiger partial charge in [-0.05, 0) is 88.9 Å². The molecule has 0 aliphatic heterocycles. The Labute approximate surface area is 344 Å². The Morgan fingerprint density at radius 3 is 1.47 bits per heavy atom. The minimum absolute atomic E-state index is 0.685. The number of fused-ring (bicyclic) bond motifs is 1. The van der Waals surface area contributed by atoms with E-state index in [9.17, 15) is 0 Å². The summed E-state index contributed by atoms with van der Waals surface area (Å²) in [7, 11) is 0. The predicted molar refractivity (Wildman–Crippen MR) is 250 cm³/mol. The molecule has 4 heteroatoms. The predicted octanol–water partition coefficient (Wildman–Crippen LogP) is 14.5. The fraction of sp³-hybridized carbons (Fsp3) is 0.